The molecule has 3 aromatic carbocycles. The molecule has 39 heavy (non-hydrogen) atoms. The Morgan fingerprint density at radius 1 is 1.00 bits per heavy atom. The highest BCUT2D eigenvalue weighted by atomic mass is 19.1. The number of carbonyl (C=O) groups is 2. The van der Waals surface area contributed by atoms with Crippen LogP contribution in [0, 0.1) is 12.7 Å². The lowest BCUT2D eigenvalue weighted by Gasteiger charge is -2.14. The third-order valence-electron chi connectivity index (χ3n) is 7.58. The molecule has 1 amide bonds. The van der Waals surface area contributed by atoms with Gasteiger partial charge in [-0.2, -0.15) is 0 Å². The smallest absolute Gasteiger partial charge is 0.255 e. The third-order valence-corrected chi connectivity index (χ3v) is 7.58. The minimum absolute atomic E-state index is 0.0634. The second kappa shape index (κ2) is 9.58. The highest BCUT2D eigenvalue weighted by Gasteiger charge is 2.47. The van der Waals surface area contributed by atoms with E-state index in [0.29, 0.717) is 39.8 Å². The maximum absolute atomic E-state index is 13.5. The van der Waals surface area contributed by atoms with Crippen LogP contribution in [0.15, 0.2) is 83.7 Å². The first-order valence-electron chi connectivity index (χ1n) is 12.8. The molecule has 0 saturated heterocycles. The van der Waals surface area contributed by atoms with E-state index in [1.807, 2.05) is 43.3 Å². The zero-order valence-corrected chi connectivity index (χ0v) is 21.6. The Balaban J connectivity index is 1.39. The van der Waals surface area contributed by atoms with E-state index in [1.54, 1.807) is 37.8 Å². The summed E-state index contributed by atoms with van der Waals surface area (Å²) < 4.78 is 19.6. The number of hydrogen-bond acceptors (Lipinski definition) is 5. The van der Waals surface area contributed by atoms with Crippen LogP contribution in [0.2, 0.25) is 0 Å². The number of hydrogen-bond donors (Lipinski definition) is 1. The van der Waals surface area contributed by atoms with Gasteiger partial charge >= 0.3 is 0 Å². The molecule has 0 spiro atoms. The summed E-state index contributed by atoms with van der Waals surface area (Å²) in [6.07, 6.45) is 7.30. The molecule has 0 aliphatic heterocycles. The Kier molecular flexibility index (Phi) is 6.06. The quantitative estimate of drug-likeness (QED) is 0.243. The van der Waals surface area contributed by atoms with Gasteiger partial charge in [-0.25, -0.2) is 4.39 Å². The summed E-state index contributed by atoms with van der Waals surface area (Å²) in [6, 6.07) is 17.3. The number of benzene rings is 3. The number of halogens is 1. The summed E-state index contributed by atoms with van der Waals surface area (Å²) in [5, 5.41) is 3.33. The number of Topliss-reactive ketones (excluding diaryl/α,β-unsaturated/α-hetero) is 1. The van der Waals surface area contributed by atoms with Gasteiger partial charge in [0.05, 0.1) is 11.3 Å². The number of rotatable bonds is 7. The molecule has 7 heteroatoms. The zero-order valence-electron chi connectivity index (χ0n) is 21.6. The highest BCUT2D eigenvalue weighted by Crippen LogP contribution is 2.50. The van der Waals surface area contributed by atoms with Crippen LogP contribution in [0.1, 0.15) is 51.2 Å². The standard InChI is InChI=1S/C32H26FN3O3/c1-19-3-4-22(26(37)17-32(11-12-32)28-18-35-13-14-36-28)16-24(19)21-7-10-27-25(15-21)29(31(38)34-2)30(39-27)20-5-8-23(33)9-6-20/h3-10,13-16,18H,11-12,17H2,1-2H3,(H,34,38). The van der Waals surface area contributed by atoms with E-state index in [9.17, 15) is 14.0 Å². The molecule has 6 rings (SSSR count). The van der Waals surface area contributed by atoms with Crippen molar-refractivity contribution in [2.24, 2.45) is 0 Å². The number of furan rings is 1. The average Bonchev–Trinajstić information content (AvgIpc) is 3.65. The monoisotopic (exact) mass is 519 g/mol. The Hall–Kier alpha value is -4.65. The van der Waals surface area contributed by atoms with Crippen molar-refractivity contribution >= 4 is 22.7 Å². The molecule has 1 aliphatic rings. The fourth-order valence-corrected chi connectivity index (χ4v) is 5.18. The predicted octanol–water partition coefficient (Wildman–Crippen LogP) is 6.67. The molecule has 0 unspecified atom stereocenters. The maximum Gasteiger partial charge on any atom is 0.255 e. The third kappa shape index (κ3) is 4.50. The van der Waals surface area contributed by atoms with Crippen LogP contribution in [0.25, 0.3) is 33.4 Å². The summed E-state index contributed by atoms with van der Waals surface area (Å²) in [7, 11) is 1.56. The summed E-state index contributed by atoms with van der Waals surface area (Å²) >= 11 is 0. The number of fused-ring (bicyclic) bond motifs is 1. The zero-order chi connectivity index (χ0) is 27.1. The molecule has 6 nitrogen and oxygen atoms in total. The fraction of sp³-hybridized carbons (Fsp3) is 0.188. The Labute approximate surface area is 224 Å². The van der Waals surface area contributed by atoms with Gasteiger partial charge in [0.15, 0.2) is 5.78 Å². The van der Waals surface area contributed by atoms with Crippen LogP contribution < -0.4 is 5.32 Å². The maximum atomic E-state index is 13.5. The predicted molar refractivity (Wildman–Crippen MR) is 147 cm³/mol. The van der Waals surface area contributed by atoms with Crippen molar-refractivity contribution in [1.82, 2.24) is 15.3 Å². The molecular formula is C32H26FN3O3. The van der Waals surface area contributed by atoms with Crippen molar-refractivity contribution in [3.05, 3.63) is 107 Å². The van der Waals surface area contributed by atoms with Crippen LogP contribution in [0.3, 0.4) is 0 Å². The topological polar surface area (TPSA) is 85.1 Å². The van der Waals surface area contributed by atoms with Gasteiger partial charge in [-0.1, -0.05) is 18.2 Å². The molecule has 1 fully saturated rings. The van der Waals surface area contributed by atoms with Gasteiger partial charge in [0, 0.05) is 54.0 Å². The van der Waals surface area contributed by atoms with Gasteiger partial charge in [-0.05, 0) is 78.9 Å². The minimum Gasteiger partial charge on any atom is -0.455 e. The molecule has 0 atom stereocenters. The number of amides is 1. The van der Waals surface area contributed by atoms with E-state index < -0.39 is 0 Å². The number of nitrogens with zero attached hydrogens (tertiary/aromatic N) is 2. The molecule has 1 N–H and O–H groups in total. The van der Waals surface area contributed by atoms with Crippen molar-refractivity contribution in [2.75, 3.05) is 7.05 Å². The molecule has 5 aromatic rings. The molecule has 1 saturated carbocycles. The number of aryl methyl sites for hydroxylation is 1. The Bertz CT molecular complexity index is 1720. The van der Waals surface area contributed by atoms with E-state index in [-0.39, 0.29) is 22.9 Å². The van der Waals surface area contributed by atoms with Gasteiger partial charge < -0.3 is 9.73 Å². The molecule has 2 heterocycles. The number of carbonyl (C=O) groups excluding carboxylic acids is 2. The lowest BCUT2D eigenvalue weighted by molar-refractivity contribution is 0.0958. The minimum atomic E-state index is -0.368. The van der Waals surface area contributed by atoms with Crippen LogP contribution in [-0.2, 0) is 5.41 Å². The van der Waals surface area contributed by atoms with Gasteiger partial charge in [0.1, 0.15) is 17.2 Å². The summed E-state index contributed by atoms with van der Waals surface area (Å²) in [5.74, 6) is -0.230. The first kappa shape index (κ1) is 24.7. The lowest BCUT2D eigenvalue weighted by atomic mass is 9.90. The number of aromatic nitrogens is 2. The van der Waals surface area contributed by atoms with E-state index in [2.05, 4.69) is 15.3 Å². The molecule has 0 bridgehead atoms. The van der Waals surface area contributed by atoms with E-state index >= 15 is 0 Å². The molecule has 1 aliphatic carbocycles. The molecule has 2 aromatic heterocycles. The lowest BCUT2D eigenvalue weighted by Crippen LogP contribution is -2.18. The van der Waals surface area contributed by atoms with Gasteiger partial charge in [0.2, 0.25) is 0 Å². The van der Waals surface area contributed by atoms with E-state index in [0.717, 1.165) is 35.2 Å². The van der Waals surface area contributed by atoms with E-state index in [4.69, 9.17) is 4.42 Å². The fourth-order valence-electron chi connectivity index (χ4n) is 5.18. The summed E-state index contributed by atoms with van der Waals surface area (Å²) in [6.45, 7) is 1.99. The van der Waals surface area contributed by atoms with Crippen LogP contribution >= 0.6 is 0 Å². The van der Waals surface area contributed by atoms with Crippen molar-refractivity contribution in [1.29, 1.82) is 0 Å². The van der Waals surface area contributed by atoms with E-state index in [1.165, 1.54) is 12.1 Å². The summed E-state index contributed by atoms with van der Waals surface area (Å²) in [4.78, 5) is 35.0. The number of ketones is 1. The second-order valence-corrected chi connectivity index (χ2v) is 10.1. The van der Waals surface area contributed by atoms with Crippen molar-refractivity contribution in [3.8, 4) is 22.5 Å². The first-order valence-corrected chi connectivity index (χ1v) is 12.8. The molecular weight excluding hydrogens is 493 g/mol. The Morgan fingerprint density at radius 3 is 2.46 bits per heavy atom. The SMILES string of the molecule is CNC(=O)c1c(-c2ccc(F)cc2)oc2ccc(-c3cc(C(=O)CC4(c5cnccn5)CC4)ccc3C)cc12. The highest BCUT2D eigenvalue weighted by molar-refractivity contribution is 6.12. The average molecular weight is 520 g/mol. The van der Waals surface area contributed by atoms with Gasteiger partial charge in [-0.15, -0.1) is 0 Å². The van der Waals surface area contributed by atoms with Crippen molar-refractivity contribution in [2.45, 2.75) is 31.6 Å². The second-order valence-electron chi connectivity index (χ2n) is 10.1. The van der Waals surface area contributed by atoms with Gasteiger partial charge in [-0.3, -0.25) is 19.6 Å². The molecule has 0 radical (unpaired) electrons. The summed E-state index contributed by atoms with van der Waals surface area (Å²) in [5.41, 5.74) is 5.57. The van der Waals surface area contributed by atoms with Crippen LogP contribution in [-0.4, -0.2) is 28.7 Å². The van der Waals surface area contributed by atoms with Crippen molar-refractivity contribution < 1.29 is 18.4 Å². The number of nitrogens with one attached hydrogen (secondary N) is 1. The van der Waals surface area contributed by atoms with Crippen LogP contribution in [0.4, 0.5) is 4.39 Å². The largest absolute Gasteiger partial charge is 0.455 e. The first-order chi connectivity index (χ1) is 18.9. The van der Waals surface area contributed by atoms with Gasteiger partial charge in [0.25, 0.3) is 5.91 Å². The van der Waals surface area contributed by atoms with Crippen LogP contribution in [0.5, 0.6) is 0 Å². The van der Waals surface area contributed by atoms with Crippen molar-refractivity contribution in [3.63, 3.8) is 0 Å². The Morgan fingerprint density at radius 2 is 1.77 bits per heavy atom. The molecule has 194 valence electrons. The normalized spacial score (nSPS) is 13.8.